The lowest BCUT2D eigenvalue weighted by Gasteiger charge is -2.07. The van der Waals surface area contributed by atoms with Crippen LogP contribution < -0.4 is 4.74 Å². The molecule has 0 fully saturated rings. The van der Waals surface area contributed by atoms with Crippen molar-refractivity contribution in [2.75, 3.05) is 0 Å². The first-order valence-electron chi connectivity index (χ1n) is 4.96. The lowest BCUT2D eigenvalue weighted by atomic mass is 10.2. The number of aromatic carboxylic acids is 1. The molecule has 18 heavy (non-hydrogen) atoms. The number of halogens is 2. The lowest BCUT2D eigenvalue weighted by molar-refractivity contribution is 0.0697. The van der Waals surface area contributed by atoms with Gasteiger partial charge in [0.2, 0.25) is 0 Å². The predicted octanol–water partition coefficient (Wildman–Crippen LogP) is 3.93. The van der Waals surface area contributed by atoms with Crippen LogP contribution in [0.2, 0.25) is 0 Å². The Morgan fingerprint density at radius 1 is 1.44 bits per heavy atom. The van der Waals surface area contributed by atoms with E-state index in [0.29, 0.717) is 15.8 Å². The van der Waals surface area contributed by atoms with Gasteiger partial charge < -0.3 is 9.84 Å². The predicted molar refractivity (Wildman–Crippen MR) is 69.7 cm³/mol. The SMILES string of the molecule is O=C(O)c1sccc1OCc1cccc(F)c1Br. The van der Waals surface area contributed by atoms with Crippen LogP contribution in [-0.2, 0) is 6.61 Å². The van der Waals surface area contributed by atoms with Crippen molar-refractivity contribution in [1.82, 2.24) is 0 Å². The molecule has 1 heterocycles. The van der Waals surface area contributed by atoms with Gasteiger partial charge in [-0.2, -0.15) is 0 Å². The number of carboxylic acids is 1. The Hall–Kier alpha value is -1.40. The molecule has 6 heteroatoms. The second kappa shape index (κ2) is 5.49. The van der Waals surface area contributed by atoms with Crippen LogP contribution in [0.15, 0.2) is 34.1 Å². The summed E-state index contributed by atoms with van der Waals surface area (Å²) in [5.41, 5.74) is 0.623. The molecule has 0 amide bonds. The fourth-order valence-electron chi connectivity index (χ4n) is 1.38. The molecule has 1 aromatic heterocycles. The van der Waals surface area contributed by atoms with Gasteiger partial charge in [-0.3, -0.25) is 0 Å². The van der Waals surface area contributed by atoms with Gasteiger partial charge in [-0.1, -0.05) is 12.1 Å². The topological polar surface area (TPSA) is 46.5 Å². The van der Waals surface area contributed by atoms with Gasteiger partial charge in [-0.15, -0.1) is 11.3 Å². The number of carboxylic acid groups (broad SMARTS) is 1. The van der Waals surface area contributed by atoms with Gasteiger partial charge >= 0.3 is 5.97 Å². The molecule has 0 aliphatic carbocycles. The van der Waals surface area contributed by atoms with Crippen LogP contribution >= 0.6 is 27.3 Å². The van der Waals surface area contributed by atoms with Gasteiger partial charge in [0.1, 0.15) is 18.2 Å². The van der Waals surface area contributed by atoms with Crippen LogP contribution in [0.5, 0.6) is 5.75 Å². The molecule has 0 radical (unpaired) electrons. The highest BCUT2D eigenvalue weighted by molar-refractivity contribution is 9.10. The highest BCUT2D eigenvalue weighted by Crippen LogP contribution is 2.27. The zero-order chi connectivity index (χ0) is 13.1. The normalized spacial score (nSPS) is 10.3. The molecule has 0 unspecified atom stereocenters. The van der Waals surface area contributed by atoms with E-state index in [2.05, 4.69) is 15.9 Å². The van der Waals surface area contributed by atoms with Gasteiger partial charge in [-0.05, 0) is 33.4 Å². The molecule has 2 rings (SSSR count). The molecule has 3 nitrogen and oxygen atoms in total. The Bertz CT molecular complexity index is 582. The van der Waals surface area contributed by atoms with E-state index in [-0.39, 0.29) is 17.3 Å². The van der Waals surface area contributed by atoms with Crippen molar-refractivity contribution in [2.24, 2.45) is 0 Å². The van der Waals surface area contributed by atoms with Crippen molar-refractivity contribution in [2.45, 2.75) is 6.61 Å². The molecule has 0 saturated carbocycles. The Balaban J connectivity index is 2.14. The minimum Gasteiger partial charge on any atom is -0.487 e. The van der Waals surface area contributed by atoms with Crippen LogP contribution in [0, 0.1) is 5.82 Å². The summed E-state index contributed by atoms with van der Waals surface area (Å²) in [5, 5.41) is 10.5. The summed E-state index contributed by atoms with van der Waals surface area (Å²) in [6, 6.07) is 6.20. The van der Waals surface area contributed by atoms with Crippen molar-refractivity contribution in [1.29, 1.82) is 0 Å². The summed E-state index contributed by atoms with van der Waals surface area (Å²) in [5.74, 6) is -1.11. The first-order valence-corrected chi connectivity index (χ1v) is 6.63. The monoisotopic (exact) mass is 330 g/mol. The molecule has 2 aromatic rings. The largest absolute Gasteiger partial charge is 0.487 e. The number of rotatable bonds is 4. The van der Waals surface area contributed by atoms with Crippen LogP contribution in [0.25, 0.3) is 0 Å². The fourth-order valence-corrected chi connectivity index (χ4v) is 2.43. The van der Waals surface area contributed by atoms with Gasteiger partial charge in [-0.25, -0.2) is 9.18 Å². The van der Waals surface area contributed by atoms with Crippen molar-refractivity contribution in [3.05, 3.63) is 50.4 Å². The van der Waals surface area contributed by atoms with E-state index in [1.807, 2.05) is 0 Å². The fraction of sp³-hybridized carbons (Fsp3) is 0.0833. The van der Waals surface area contributed by atoms with E-state index >= 15 is 0 Å². The molecule has 1 N–H and O–H groups in total. The molecule has 0 atom stereocenters. The first-order chi connectivity index (χ1) is 8.59. The maximum atomic E-state index is 13.3. The van der Waals surface area contributed by atoms with Crippen LogP contribution in [0.3, 0.4) is 0 Å². The van der Waals surface area contributed by atoms with Crippen LogP contribution in [0.4, 0.5) is 4.39 Å². The Kier molecular flexibility index (Phi) is 3.98. The third-order valence-corrected chi connectivity index (χ3v) is 4.01. The summed E-state index contributed by atoms with van der Waals surface area (Å²) in [4.78, 5) is 11.0. The molecule has 0 aliphatic heterocycles. The maximum absolute atomic E-state index is 13.3. The number of benzene rings is 1. The molecule has 0 aliphatic rings. The molecule has 1 aromatic carbocycles. The molecule has 94 valence electrons. The number of hydrogen-bond donors (Lipinski definition) is 1. The van der Waals surface area contributed by atoms with Gasteiger partial charge in [0.15, 0.2) is 4.88 Å². The molecular weight excluding hydrogens is 323 g/mol. The molecule has 0 spiro atoms. The second-order valence-corrected chi connectivity index (χ2v) is 5.13. The first kappa shape index (κ1) is 13.0. The van der Waals surface area contributed by atoms with Crippen LogP contribution in [0.1, 0.15) is 15.2 Å². The van der Waals surface area contributed by atoms with E-state index in [0.717, 1.165) is 11.3 Å². The average molecular weight is 331 g/mol. The standard InChI is InChI=1S/C12H8BrFO3S/c13-10-7(2-1-3-8(10)14)6-17-9-4-5-18-11(9)12(15)16/h1-5H,6H2,(H,15,16). The number of ether oxygens (including phenoxy) is 1. The van der Waals surface area contributed by atoms with Crippen molar-refractivity contribution in [3.63, 3.8) is 0 Å². The van der Waals surface area contributed by atoms with Crippen molar-refractivity contribution >= 4 is 33.2 Å². The third kappa shape index (κ3) is 2.70. The number of hydrogen-bond acceptors (Lipinski definition) is 3. The summed E-state index contributed by atoms with van der Waals surface area (Å²) in [6.45, 7) is 0.107. The van der Waals surface area contributed by atoms with Crippen molar-refractivity contribution in [3.8, 4) is 5.75 Å². The number of carbonyl (C=O) groups is 1. The Labute approximate surface area is 115 Å². The van der Waals surface area contributed by atoms with Crippen molar-refractivity contribution < 1.29 is 19.0 Å². The van der Waals surface area contributed by atoms with E-state index < -0.39 is 5.97 Å². The minimum atomic E-state index is -1.03. The summed E-state index contributed by atoms with van der Waals surface area (Å²) in [7, 11) is 0. The van der Waals surface area contributed by atoms with Crippen LogP contribution in [-0.4, -0.2) is 11.1 Å². The number of thiophene rings is 1. The van der Waals surface area contributed by atoms with E-state index in [9.17, 15) is 9.18 Å². The summed E-state index contributed by atoms with van der Waals surface area (Å²) >= 11 is 4.21. The maximum Gasteiger partial charge on any atom is 0.349 e. The molecule has 0 bridgehead atoms. The summed E-state index contributed by atoms with van der Waals surface area (Å²) in [6.07, 6.45) is 0. The summed E-state index contributed by atoms with van der Waals surface area (Å²) < 4.78 is 19.0. The quantitative estimate of drug-likeness (QED) is 0.923. The zero-order valence-electron chi connectivity index (χ0n) is 9.02. The second-order valence-electron chi connectivity index (χ2n) is 3.42. The highest BCUT2D eigenvalue weighted by atomic mass is 79.9. The Morgan fingerprint density at radius 2 is 2.22 bits per heavy atom. The highest BCUT2D eigenvalue weighted by Gasteiger charge is 2.13. The smallest absolute Gasteiger partial charge is 0.349 e. The molecular formula is C12H8BrFO3S. The van der Waals surface area contributed by atoms with Gasteiger partial charge in [0.25, 0.3) is 0 Å². The lowest BCUT2D eigenvalue weighted by Crippen LogP contribution is -2.01. The third-order valence-electron chi connectivity index (χ3n) is 2.24. The average Bonchev–Trinajstić information content (AvgIpc) is 2.79. The zero-order valence-corrected chi connectivity index (χ0v) is 11.4. The van der Waals surface area contributed by atoms with E-state index in [1.165, 1.54) is 6.07 Å². The Morgan fingerprint density at radius 3 is 2.94 bits per heavy atom. The van der Waals surface area contributed by atoms with Gasteiger partial charge in [0.05, 0.1) is 4.47 Å². The van der Waals surface area contributed by atoms with Gasteiger partial charge in [0, 0.05) is 5.56 Å². The molecule has 0 saturated heterocycles. The van der Waals surface area contributed by atoms with E-state index in [4.69, 9.17) is 9.84 Å². The van der Waals surface area contributed by atoms with E-state index in [1.54, 1.807) is 23.6 Å². The minimum absolute atomic E-state index is 0.107.